The lowest BCUT2D eigenvalue weighted by Gasteiger charge is -2.35. The first kappa shape index (κ1) is 20.7. The van der Waals surface area contributed by atoms with Gasteiger partial charge >= 0.3 is 6.03 Å². The van der Waals surface area contributed by atoms with Crippen LogP contribution in [-0.4, -0.2) is 52.9 Å². The maximum atomic E-state index is 13.4. The van der Waals surface area contributed by atoms with Crippen molar-refractivity contribution in [3.05, 3.63) is 65.7 Å². The predicted octanol–water partition coefficient (Wildman–Crippen LogP) is 2.77. The Kier molecular flexibility index (Phi) is 5.43. The summed E-state index contributed by atoms with van der Waals surface area (Å²) >= 11 is 0. The molecule has 166 valence electrons. The minimum absolute atomic E-state index is 0.0153. The van der Waals surface area contributed by atoms with Gasteiger partial charge in [0.05, 0.1) is 12.6 Å². The molecule has 1 spiro atoms. The van der Waals surface area contributed by atoms with Gasteiger partial charge in [0.25, 0.3) is 5.91 Å². The number of fused-ring (bicyclic) bond motifs is 1. The van der Waals surface area contributed by atoms with E-state index in [0.29, 0.717) is 19.4 Å². The zero-order valence-electron chi connectivity index (χ0n) is 18.0. The van der Waals surface area contributed by atoms with E-state index in [1.54, 1.807) is 0 Å². The third-order valence-electron chi connectivity index (χ3n) is 6.94. The second kappa shape index (κ2) is 8.39. The SMILES string of the molecule is O=C(Nc1ccccc1)C1CCCN(CN2C(=O)NC3(CCc4ccccc4C3)C2=O)C1. The Hall–Kier alpha value is -3.19. The highest BCUT2D eigenvalue weighted by molar-refractivity contribution is 6.07. The van der Waals surface area contributed by atoms with Crippen molar-refractivity contribution in [2.75, 3.05) is 25.1 Å². The molecule has 1 aliphatic carbocycles. The lowest BCUT2D eigenvalue weighted by atomic mass is 9.78. The topological polar surface area (TPSA) is 81.8 Å². The molecule has 32 heavy (non-hydrogen) atoms. The number of hydrogen-bond acceptors (Lipinski definition) is 4. The average Bonchev–Trinajstić information content (AvgIpc) is 3.03. The maximum Gasteiger partial charge on any atom is 0.326 e. The van der Waals surface area contributed by atoms with Gasteiger partial charge in [-0.1, -0.05) is 42.5 Å². The number of urea groups is 1. The van der Waals surface area contributed by atoms with Crippen molar-refractivity contribution in [2.24, 2.45) is 5.92 Å². The summed E-state index contributed by atoms with van der Waals surface area (Å²) in [5, 5.41) is 5.97. The summed E-state index contributed by atoms with van der Waals surface area (Å²) in [7, 11) is 0. The summed E-state index contributed by atoms with van der Waals surface area (Å²) in [6.07, 6.45) is 3.59. The first-order valence-electron chi connectivity index (χ1n) is 11.3. The van der Waals surface area contributed by atoms with Gasteiger partial charge in [0.15, 0.2) is 0 Å². The first-order valence-corrected chi connectivity index (χ1v) is 11.3. The fourth-order valence-electron chi connectivity index (χ4n) is 5.19. The largest absolute Gasteiger partial charge is 0.326 e. The molecule has 0 radical (unpaired) electrons. The van der Waals surface area contributed by atoms with Crippen molar-refractivity contribution in [2.45, 2.75) is 37.6 Å². The molecule has 7 nitrogen and oxygen atoms in total. The Balaban J connectivity index is 1.24. The van der Waals surface area contributed by atoms with Gasteiger partial charge < -0.3 is 10.6 Å². The highest BCUT2D eigenvalue weighted by atomic mass is 16.2. The van der Waals surface area contributed by atoms with Crippen LogP contribution in [0.4, 0.5) is 10.5 Å². The van der Waals surface area contributed by atoms with Crippen molar-refractivity contribution in [1.82, 2.24) is 15.1 Å². The van der Waals surface area contributed by atoms with E-state index in [1.807, 2.05) is 53.4 Å². The summed E-state index contributed by atoms with van der Waals surface area (Å²) in [5.41, 5.74) is 2.32. The number of nitrogens with one attached hydrogen (secondary N) is 2. The zero-order valence-corrected chi connectivity index (χ0v) is 18.0. The van der Waals surface area contributed by atoms with Gasteiger partial charge in [0.1, 0.15) is 5.54 Å². The predicted molar refractivity (Wildman–Crippen MR) is 121 cm³/mol. The first-order chi connectivity index (χ1) is 15.5. The quantitative estimate of drug-likeness (QED) is 0.728. The molecule has 2 atom stereocenters. The number of nitrogens with zero attached hydrogens (tertiary/aromatic N) is 2. The fraction of sp³-hybridized carbons (Fsp3) is 0.400. The number of carbonyl (C=O) groups is 3. The molecule has 7 heteroatoms. The molecule has 2 aliphatic heterocycles. The maximum absolute atomic E-state index is 13.4. The molecule has 3 aliphatic rings. The van der Waals surface area contributed by atoms with Crippen LogP contribution in [0.2, 0.25) is 0 Å². The van der Waals surface area contributed by atoms with Gasteiger partial charge in [-0.15, -0.1) is 0 Å². The second-order valence-corrected chi connectivity index (χ2v) is 9.10. The third kappa shape index (κ3) is 3.88. The number of rotatable bonds is 4. The molecular weight excluding hydrogens is 404 g/mol. The number of aryl methyl sites for hydroxylation is 1. The van der Waals surface area contributed by atoms with Crippen LogP contribution in [-0.2, 0) is 22.4 Å². The Morgan fingerprint density at radius 2 is 1.81 bits per heavy atom. The van der Waals surface area contributed by atoms with E-state index < -0.39 is 5.54 Å². The molecule has 5 rings (SSSR count). The molecular formula is C25H28N4O3. The van der Waals surface area contributed by atoms with Crippen molar-refractivity contribution in [1.29, 1.82) is 0 Å². The van der Waals surface area contributed by atoms with Crippen LogP contribution in [0.3, 0.4) is 0 Å². The highest BCUT2D eigenvalue weighted by Crippen LogP contribution is 2.34. The molecule has 2 unspecified atom stereocenters. The minimum atomic E-state index is -0.842. The molecule has 2 aromatic rings. The molecule has 2 heterocycles. The lowest BCUT2D eigenvalue weighted by Crippen LogP contribution is -2.52. The fourth-order valence-corrected chi connectivity index (χ4v) is 5.19. The number of amides is 4. The lowest BCUT2D eigenvalue weighted by molar-refractivity contribution is -0.133. The zero-order chi connectivity index (χ0) is 22.1. The molecule has 4 amide bonds. The minimum Gasteiger partial charge on any atom is -0.326 e. The van der Waals surface area contributed by atoms with E-state index in [9.17, 15) is 14.4 Å². The summed E-state index contributed by atoms with van der Waals surface area (Å²) < 4.78 is 0. The average molecular weight is 433 g/mol. The van der Waals surface area contributed by atoms with Gasteiger partial charge in [-0.05, 0) is 55.5 Å². The Morgan fingerprint density at radius 3 is 2.62 bits per heavy atom. The van der Waals surface area contributed by atoms with Crippen LogP contribution in [0.15, 0.2) is 54.6 Å². The molecule has 2 fully saturated rings. The van der Waals surface area contributed by atoms with Crippen LogP contribution in [0.5, 0.6) is 0 Å². The molecule has 2 saturated heterocycles. The van der Waals surface area contributed by atoms with Gasteiger partial charge in [0, 0.05) is 18.7 Å². The van der Waals surface area contributed by atoms with E-state index in [-0.39, 0.29) is 30.4 Å². The number of likely N-dealkylation sites (tertiary alicyclic amines) is 1. The number of imide groups is 1. The molecule has 0 aromatic heterocycles. The highest BCUT2D eigenvalue weighted by Gasteiger charge is 2.52. The van der Waals surface area contributed by atoms with Gasteiger partial charge in [0.2, 0.25) is 5.91 Å². The summed E-state index contributed by atoms with van der Waals surface area (Å²) in [5.74, 6) is -0.327. The van der Waals surface area contributed by atoms with Gasteiger partial charge in [-0.3, -0.25) is 14.5 Å². The van der Waals surface area contributed by atoms with Crippen LogP contribution in [0.1, 0.15) is 30.4 Å². The number of anilines is 1. The number of carbonyl (C=O) groups excluding carboxylic acids is 3. The van der Waals surface area contributed by atoms with Gasteiger partial charge in [-0.2, -0.15) is 0 Å². The van der Waals surface area contributed by atoms with Crippen LogP contribution in [0, 0.1) is 5.92 Å². The van der Waals surface area contributed by atoms with Crippen molar-refractivity contribution >= 4 is 23.5 Å². The molecule has 0 saturated carbocycles. The summed E-state index contributed by atoms with van der Waals surface area (Å²) in [6, 6.07) is 17.2. The summed E-state index contributed by atoms with van der Waals surface area (Å²) in [4.78, 5) is 42.3. The number of para-hydroxylation sites is 1. The number of hydrogen-bond donors (Lipinski definition) is 2. The molecule has 2 aromatic carbocycles. The van der Waals surface area contributed by atoms with Crippen LogP contribution < -0.4 is 10.6 Å². The standard InChI is InChI=1S/C25H28N4O3/c30-22(26-21-10-2-1-3-11-21)20-9-6-14-28(16-20)17-29-23(31)25(27-24(29)32)13-12-18-7-4-5-8-19(18)15-25/h1-5,7-8,10-11,20H,6,9,12-17H2,(H,26,30)(H,27,32). The van der Waals surface area contributed by atoms with E-state index in [0.717, 1.165) is 37.1 Å². The molecule has 2 N–H and O–H groups in total. The van der Waals surface area contributed by atoms with E-state index >= 15 is 0 Å². The Labute approximate surface area is 187 Å². The summed E-state index contributed by atoms with van der Waals surface area (Å²) in [6.45, 7) is 1.52. The smallest absolute Gasteiger partial charge is 0.326 e. The van der Waals surface area contributed by atoms with Crippen LogP contribution >= 0.6 is 0 Å². The van der Waals surface area contributed by atoms with Crippen molar-refractivity contribution in [3.63, 3.8) is 0 Å². The van der Waals surface area contributed by atoms with E-state index in [1.165, 1.54) is 10.5 Å². The van der Waals surface area contributed by atoms with Crippen molar-refractivity contribution in [3.8, 4) is 0 Å². The third-order valence-corrected chi connectivity index (χ3v) is 6.94. The number of benzene rings is 2. The van der Waals surface area contributed by atoms with Crippen LogP contribution in [0.25, 0.3) is 0 Å². The normalized spacial score (nSPS) is 25.5. The van der Waals surface area contributed by atoms with E-state index in [4.69, 9.17) is 0 Å². The Bertz CT molecular complexity index is 1040. The monoisotopic (exact) mass is 432 g/mol. The Morgan fingerprint density at radius 1 is 1.06 bits per heavy atom. The van der Waals surface area contributed by atoms with Crippen molar-refractivity contribution < 1.29 is 14.4 Å². The molecule has 0 bridgehead atoms. The van der Waals surface area contributed by atoms with E-state index in [2.05, 4.69) is 16.7 Å². The second-order valence-electron chi connectivity index (χ2n) is 9.10. The van der Waals surface area contributed by atoms with Gasteiger partial charge in [-0.25, -0.2) is 9.69 Å². The number of piperidine rings is 1.